The Morgan fingerprint density at radius 1 is 0.968 bits per heavy atom. The average Bonchev–Trinajstić information content (AvgIpc) is 3.31. The predicted octanol–water partition coefficient (Wildman–Crippen LogP) is 3.12. The number of methoxy groups -OCH3 is 1. The molecule has 6 nitrogen and oxygen atoms in total. The second-order valence-electron chi connectivity index (χ2n) is 11.7. The van der Waals surface area contributed by atoms with Crippen LogP contribution in [0.1, 0.15) is 77.2 Å². The number of furan rings is 1. The second-order valence-corrected chi connectivity index (χ2v) is 11.7. The number of aliphatic hydroxyl groups is 4. The molecule has 8 atom stereocenters. The first kappa shape index (κ1) is 21.9. The first-order valence-electron chi connectivity index (χ1n) is 11.9. The summed E-state index contributed by atoms with van der Waals surface area (Å²) in [5.74, 6) is 0.175. The average molecular weight is 435 g/mol. The van der Waals surface area contributed by atoms with Gasteiger partial charge in [-0.15, -0.1) is 0 Å². The summed E-state index contributed by atoms with van der Waals surface area (Å²) in [6, 6.07) is 1.82. The number of rotatable bonds is 3. The molecule has 4 aliphatic rings. The van der Waals surface area contributed by atoms with E-state index in [1.54, 1.807) is 19.6 Å². The van der Waals surface area contributed by atoms with Crippen LogP contribution in [-0.4, -0.2) is 50.9 Å². The van der Waals surface area contributed by atoms with E-state index in [1.165, 1.54) is 0 Å². The van der Waals surface area contributed by atoms with Crippen molar-refractivity contribution < 1.29 is 29.6 Å². The minimum absolute atomic E-state index is 0.0195. The van der Waals surface area contributed by atoms with Gasteiger partial charge in [0, 0.05) is 24.5 Å². The zero-order valence-corrected chi connectivity index (χ0v) is 19.1. The summed E-state index contributed by atoms with van der Waals surface area (Å²) >= 11 is 0. The molecule has 0 aromatic carbocycles. The van der Waals surface area contributed by atoms with Crippen LogP contribution >= 0.6 is 0 Å². The summed E-state index contributed by atoms with van der Waals surface area (Å²) in [7, 11) is 1.59. The maximum atomic E-state index is 12.2. The van der Waals surface area contributed by atoms with Crippen LogP contribution in [0.25, 0.3) is 0 Å². The van der Waals surface area contributed by atoms with E-state index >= 15 is 0 Å². The van der Waals surface area contributed by atoms with Gasteiger partial charge in [0.05, 0.1) is 35.9 Å². The summed E-state index contributed by atoms with van der Waals surface area (Å²) in [6.45, 7) is 4.45. The van der Waals surface area contributed by atoms with E-state index in [2.05, 4.69) is 6.92 Å². The Morgan fingerprint density at radius 2 is 1.71 bits per heavy atom. The highest BCUT2D eigenvalue weighted by molar-refractivity contribution is 5.31. The van der Waals surface area contributed by atoms with Crippen LogP contribution in [0, 0.1) is 22.7 Å². The Labute approximate surface area is 184 Å². The molecule has 1 heterocycles. The van der Waals surface area contributed by atoms with Gasteiger partial charge in [-0.05, 0) is 74.7 Å². The Balaban J connectivity index is 1.50. The largest absolute Gasteiger partial charge is 0.472 e. The SMILES string of the molecule is COC[C@]1(O)CC[C@]2(C)[C@H]3CC[C@]4(C)[C@](O)(c5ccoc5)CC[C@]4(O)[C@@H]3CC[C@]2(O)C1. The highest BCUT2D eigenvalue weighted by atomic mass is 16.5. The van der Waals surface area contributed by atoms with Crippen LogP contribution in [-0.2, 0) is 10.3 Å². The maximum Gasteiger partial charge on any atom is 0.101 e. The Bertz CT molecular complexity index is 841. The molecule has 0 bridgehead atoms. The van der Waals surface area contributed by atoms with Crippen LogP contribution in [0.3, 0.4) is 0 Å². The molecular formula is C25H38O6. The first-order chi connectivity index (χ1) is 14.5. The van der Waals surface area contributed by atoms with Gasteiger partial charge in [0.1, 0.15) is 5.60 Å². The van der Waals surface area contributed by atoms with Crippen molar-refractivity contribution in [3.63, 3.8) is 0 Å². The lowest BCUT2D eigenvalue weighted by Gasteiger charge is -2.67. The highest BCUT2D eigenvalue weighted by Gasteiger charge is 2.74. The lowest BCUT2D eigenvalue weighted by molar-refractivity contribution is -0.280. The molecule has 174 valence electrons. The molecule has 1 aromatic heterocycles. The normalized spacial score (nSPS) is 54.2. The Hall–Kier alpha value is -0.920. The third-order valence-corrected chi connectivity index (χ3v) is 10.7. The zero-order chi connectivity index (χ0) is 22.3. The van der Waals surface area contributed by atoms with Crippen LogP contribution in [0.5, 0.6) is 0 Å². The van der Waals surface area contributed by atoms with Crippen LogP contribution in [0.2, 0.25) is 0 Å². The molecule has 4 aliphatic carbocycles. The van der Waals surface area contributed by atoms with Crippen molar-refractivity contribution >= 4 is 0 Å². The van der Waals surface area contributed by atoms with Crippen molar-refractivity contribution in [2.45, 2.75) is 94.0 Å². The van der Waals surface area contributed by atoms with Gasteiger partial charge >= 0.3 is 0 Å². The molecule has 0 radical (unpaired) electrons. The van der Waals surface area contributed by atoms with Crippen molar-refractivity contribution in [2.75, 3.05) is 13.7 Å². The number of ether oxygens (including phenoxy) is 1. The summed E-state index contributed by atoms with van der Waals surface area (Å²) in [4.78, 5) is 0. The molecule has 0 spiro atoms. The van der Waals surface area contributed by atoms with E-state index in [-0.39, 0.29) is 23.9 Å². The molecule has 5 rings (SSSR count). The molecule has 0 unspecified atom stereocenters. The number of hydrogen-bond acceptors (Lipinski definition) is 6. The lowest BCUT2D eigenvalue weighted by atomic mass is 9.41. The summed E-state index contributed by atoms with van der Waals surface area (Å²) in [5.41, 5.74) is -4.35. The molecule has 0 aliphatic heterocycles. The zero-order valence-electron chi connectivity index (χ0n) is 19.1. The molecule has 1 aromatic rings. The van der Waals surface area contributed by atoms with E-state index in [0.717, 1.165) is 12.0 Å². The minimum atomic E-state index is -1.11. The summed E-state index contributed by atoms with van der Waals surface area (Å²) < 4.78 is 10.5. The van der Waals surface area contributed by atoms with Crippen molar-refractivity contribution in [3.05, 3.63) is 24.2 Å². The van der Waals surface area contributed by atoms with E-state index in [1.807, 2.05) is 13.0 Å². The predicted molar refractivity (Wildman–Crippen MR) is 114 cm³/mol. The Kier molecular flexibility index (Phi) is 4.64. The molecular weight excluding hydrogens is 396 g/mol. The summed E-state index contributed by atoms with van der Waals surface area (Å²) in [6.07, 6.45) is 8.69. The van der Waals surface area contributed by atoms with Gasteiger partial charge in [-0.3, -0.25) is 0 Å². The van der Waals surface area contributed by atoms with Crippen molar-refractivity contribution in [3.8, 4) is 0 Å². The van der Waals surface area contributed by atoms with Gasteiger partial charge < -0.3 is 29.6 Å². The van der Waals surface area contributed by atoms with E-state index in [0.29, 0.717) is 51.4 Å². The first-order valence-corrected chi connectivity index (χ1v) is 11.9. The van der Waals surface area contributed by atoms with Crippen molar-refractivity contribution in [1.82, 2.24) is 0 Å². The third kappa shape index (κ3) is 2.57. The second kappa shape index (κ2) is 6.57. The fourth-order valence-corrected chi connectivity index (χ4v) is 8.69. The smallest absolute Gasteiger partial charge is 0.101 e. The van der Waals surface area contributed by atoms with Gasteiger partial charge in [-0.25, -0.2) is 0 Å². The van der Waals surface area contributed by atoms with E-state index in [9.17, 15) is 20.4 Å². The maximum absolute atomic E-state index is 12.2. The molecule has 4 N–H and O–H groups in total. The molecule has 0 saturated heterocycles. The van der Waals surface area contributed by atoms with Crippen LogP contribution < -0.4 is 0 Å². The van der Waals surface area contributed by atoms with Gasteiger partial charge in [0.15, 0.2) is 0 Å². The van der Waals surface area contributed by atoms with Crippen molar-refractivity contribution in [2.24, 2.45) is 22.7 Å². The minimum Gasteiger partial charge on any atom is -0.472 e. The monoisotopic (exact) mass is 434 g/mol. The number of fused-ring (bicyclic) bond motifs is 5. The van der Waals surface area contributed by atoms with Gasteiger partial charge in [0.2, 0.25) is 0 Å². The van der Waals surface area contributed by atoms with Gasteiger partial charge in [0.25, 0.3) is 0 Å². The standard InChI is InChI=1S/C25H38O6/c1-20-9-10-22(26,16-30-3)15-23(20,27)8-5-19-18(20)4-7-21(2)24(28,11-12-25(19,21)29)17-6-13-31-14-17/h6,13-14,18-19,26-29H,4-5,7-12,15-16H2,1-3H3/t18-,19+,20+,21+,22-,23-,24+,25-/m0/s1. The molecule has 6 heteroatoms. The fourth-order valence-electron chi connectivity index (χ4n) is 8.69. The van der Waals surface area contributed by atoms with Gasteiger partial charge in [-0.1, -0.05) is 13.8 Å². The molecule has 4 saturated carbocycles. The number of hydrogen-bond donors (Lipinski definition) is 4. The topological polar surface area (TPSA) is 103 Å². The van der Waals surface area contributed by atoms with Crippen LogP contribution in [0.15, 0.2) is 23.0 Å². The van der Waals surface area contributed by atoms with Gasteiger partial charge in [-0.2, -0.15) is 0 Å². The molecule has 0 amide bonds. The molecule has 4 fully saturated rings. The van der Waals surface area contributed by atoms with E-state index < -0.39 is 27.8 Å². The van der Waals surface area contributed by atoms with Crippen molar-refractivity contribution in [1.29, 1.82) is 0 Å². The summed E-state index contributed by atoms with van der Waals surface area (Å²) in [5, 5.41) is 46.9. The molecule has 31 heavy (non-hydrogen) atoms. The lowest BCUT2D eigenvalue weighted by Crippen LogP contribution is -2.69. The van der Waals surface area contributed by atoms with Crippen LogP contribution in [0.4, 0.5) is 0 Å². The Morgan fingerprint density at radius 3 is 2.39 bits per heavy atom. The van der Waals surface area contributed by atoms with E-state index in [4.69, 9.17) is 9.15 Å². The highest BCUT2D eigenvalue weighted by Crippen LogP contribution is 2.72. The fraction of sp³-hybridized carbons (Fsp3) is 0.840. The quantitative estimate of drug-likeness (QED) is 0.583. The third-order valence-electron chi connectivity index (χ3n) is 10.7.